The number of nitrogens with one attached hydrogen (secondary N) is 1. The average Bonchev–Trinajstić information content (AvgIpc) is 2.81. The van der Waals surface area contributed by atoms with Crippen LogP contribution in [0.2, 0.25) is 5.02 Å². The van der Waals surface area contributed by atoms with Crippen LogP contribution in [0.3, 0.4) is 0 Å². The predicted octanol–water partition coefficient (Wildman–Crippen LogP) is 3.90. The minimum absolute atomic E-state index is 0.0936. The van der Waals surface area contributed by atoms with Gasteiger partial charge in [-0.1, -0.05) is 17.7 Å². The molecule has 116 valence electrons. The van der Waals surface area contributed by atoms with Crippen molar-refractivity contribution in [3.63, 3.8) is 0 Å². The van der Waals surface area contributed by atoms with Gasteiger partial charge in [0.1, 0.15) is 11.6 Å². The van der Waals surface area contributed by atoms with E-state index in [9.17, 15) is 9.18 Å². The summed E-state index contributed by atoms with van der Waals surface area (Å²) in [5.74, 6) is -0.00870. The van der Waals surface area contributed by atoms with Crippen molar-refractivity contribution < 1.29 is 9.18 Å². The summed E-state index contributed by atoms with van der Waals surface area (Å²) in [6.45, 7) is 6.04. The topological polar surface area (TPSA) is 46.9 Å². The number of nitrogens with zero attached hydrogens (tertiary/aromatic N) is 2. The minimum Gasteiger partial charge on any atom is -0.311 e. The number of aromatic nitrogens is 2. The van der Waals surface area contributed by atoms with E-state index in [0.717, 1.165) is 11.1 Å². The monoisotopic (exact) mass is 321 g/mol. The maximum atomic E-state index is 13.3. The summed E-state index contributed by atoms with van der Waals surface area (Å²) in [5.41, 5.74) is 1.39. The number of hydrogen-bond acceptors (Lipinski definition) is 2. The van der Waals surface area contributed by atoms with Gasteiger partial charge in [-0.05, 0) is 38.5 Å². The van der Waals surface area contributed by atoms with Crippen molar-refractivity contribution in [3.8, 4) is 0 Å². The fraction of sp³-hybridized carbons (Fsp3) is 0.375. The van der Waals surface area contributed by atoms with Crippen LogP contribution < -0.4 is 5.32 Å². The van der Waals surface area contributed by atoms with Crippen LogP contribution in [-0.2, 0) is 10.3 Å². The van der Waals surface area contributed by atoms with Crippen molar-refractivity contribution in [2.75, 3.05) is 5.32 Å². The van der Waals surface area contributed by atoms with Crippen LogP contribution in [0.25, 0.3) is 0 Å². The van der Waals surface area contributed by atoms with E-state index in [1.807, 2.05) is 20.8 Å². The normalized spacial score (nSPS) is 18.0. The first kappa shape index (κ1) is 15.0. The highest BCUT2D eigenvalue weighted by Gasteiger charge is 2.33. The third-order valence-corrected chi connectivity index (χ3v) is 4.12. The molecule has 1 amide bonds. The summed E-state index contributed by atoms with van der Waals surface area (Å²) >= 11 is 6.17. The molecule has 0 unspecified atom stereocenters. The molecule has 2 heterocycles. The molecule has 1 aromatic heterocycles. The fourth-order valence-electron chi connectivity index (χ4n) is 2.79. The molecule has 0 saturated carbocycles. The number of amides is 1. The Morgan fingerprint density at radius 3 is 2.73 bits per heavy atom. The highest BCUT2D eigenvalue weighted by Crippen LogP contribution is 2.41. The van der Waals surface area contributed by atoms with Crippen molar-refractivity contribution in [2.24, 2.45) is 0 Å². The lowest BCUT2D eigenvalue weighted by Crippen LogP contribution is -2.30. The average molecular weight is 322 g/mol. The van der Waals surface area contributed by atoms with Gasteiger partial charge in [-0.3, -0.25) is 4.79 Å². The molecule has 0 radical (unpaired) electrons. The largest absolute Gasteiger partial charge is 0.311 e. The van der Waals surface area contributed by atoms with Crippen molar-refractivity contribution in [1.82, 2.24) is 9.78 Å². The maximum absolute atomic E-state index is 13.3. The van der Waals surface area contributed by atoms with Crippen molar-refractivity contribution in [3.05, 3.63) is 46.4 Å². The summed E-state index contributed by atoms with van der Waals surface area (Å²) < 4.78 is 15.1. The molecule has 0 aliphatic carbocycles. The molecule has 0 spiro atoms. The van der Waals surface area contributed by atoms with Crippen LogP contribution in [0.4, 0.5) is 10.2 Å². The highest BCUT2D eigenvalue weighted by atomic mass is 35.5. The first-order valence-corrected chi connectivity index (χ1v) is 7.48. The number of carbonyl (C=O) groups excluding carboxylic acids is 1. The van der Waals surface area contributed by atoms with Crippen molar-refractivity contribution in [1.29, 1.82) is 0 Å². The van der Waals surface area contributed by atoms with Crippen molar-refractivity contribution in [2.45, 2.75) is 38.6 Å². The Morgan fingerprint density at radius 1 is 1.36 bits per heavy atom. The van der Waals surface area contributed by atoms with Crippen LogP contribution >= 0.6 is 11.6 Å². The molecule has 3 rings (SSSR count). The van der Waals surface area contributed by atoms with Crippen LogP contribution in [-0.4, -0.2) is 15.7 Å². The summed E-state index contributed by atoms with van der Waals surface area (Å²) in [4.78, 5) is 12.1. The summed E-state index contributed by atoms with van der Waals surface area (Å²) in [6, 6.07) is 4.28. The standard InChI is InChI=1S/C16H17ClFN3O/c1-16(2,3)21-15-12(8-19-21)11(7-14(22)20-15)10-5-4-9(18)6-13(10)17/h4-6,8,11H,7H2,1-3H3,(H,20,22)/t11-/m0/s1. The van der Waals surface area contributed by atoms with Gasteiger partial charge in [-0.2, -0.15) is 5.10 Å². The fourth-order valence-corrected chi connectivity index (χ4v) is 3.09. The second kappa shape index (κ2) is 5.09. The van der Waals surface area contributed by atoms with E-state index in [1.54, 1.807) is 16.9 Å². The lowest BCUT2D eigenvalue weighted by Gasteiger charge is -2.28. The molecule has 1 aliphatic heterocycles. The molecule has 6 heteroatoms. The number of benzene rings is 1. The Hall–Kier alpha value is -1.88. The second-order valence-corrected chi connectivity index (χ2v) is 6.91. The summed E-state index contributed by atoms with van der Waals surface area (Å²) in [7, 11) is 0. The van der Waals surface area contributed by atoms with Gasteiger partial charge in [0.15, 0.2) is 0 Å². The van der Waals surface area contributed by atoms with E-state index >= 15 is 0 Å². The number of anilines is 1. The van der Waals surface area contributed by atoms with E-state index in [0.29, 0.717) is 10.8 Å². The van der Waals surface area contributed by atoms with Gasteiger partial charge in [0, 0.05) is 22.9 Å². The number of rotatable bonds is 1. The highest BCUT2D eigenvalue weighted by molar-refractivity contribution is 6.31. The van der Waals surface area contributed by atoms with E-state index in [1.165, 1.54) is 12.1 Å². The SMILES string of the molecule is CC(C)(C)n1ncc2c1NC(=O)C[C@H]2c1ccc(F)cc1Cl. The van der Waals surface area contributed by atoms with Crippen LogP contribution in [0.15, 0.2) is 24.4 Å². The lowest BCUT2D eigenvalue weighted by molar-refractivity contribution is -0.116. The van der Waals surface area contributed by atoms with E-state index in [2.05, 4.69) is 10.4 Å². The number of carbonyl (C=O) groups is 1. The molecule has 0 saturated heterocycles. The molecular formula is C16H17ClFN3O. The molecule has 1 N–H and O–H groups in total. The lowest BCUT2D eigenvalue weighted by atomic mass is 9.87. The minimum atomic E-state index is -0.389. The number of hydrogen-bond donors (Lipinski definition) is 1. The zero-order valence-corrected chi connectivity index (χ0v) is 13.4. The van der Waals surface area contributed by atoms with E-state index < -0.39 is 0 Å². The Bertz CT molecular complexity index is 748. The molecule has 0 fully saturated rings. The first-order chi connectivity index (χ1) is 10.3. The maximum Gasteiger partial charge on any atom is 0.226 e. The smallest absolute Gasteiger partial charge is 0.226 e. The molecule has 1 atom stereocenters. The molecule has 22 heavy (non-hydrogen) atoms. The molecule has 4 nitrogen and oxygen atoms in total. The van der Waals surface area contributed by atoms with Crippen molar-refractivity contribution >= 4 is 23.3 Å². The Balaban J connectivity index is 2.13. The first-order valence-electron chi connectivity index (χ1n) is 7.10. The molecule has 1 aliphatic rings. The van der Waals surface area contributed by atoms with Gasteiger partial charge in [-0.25, -0.2) is 9.07 Å². The van der Waals surface area contributed by atoms with E-state index in [-0.39, 0.29) is 29.6 Å². The summed E-state index contributed by atoms with van der Waals surface area (Å²) in [5, 5.41) is 7.63. The van der Waals surface area contributed by atoms with Gasteiger partial charge in [0.2, 0.25) is 5.91 Å². The van der Waals surface area contributed by atoms with Gasteiger partial charge in [0.05, 0.1) is 11.7 Å². The third-order valence-electron chi connectivity index (χ3n) is 3.79. The van der Waals surface area contributed by atoms with Gasteiger partial charge >= 0.3 is 0 Å². The number of halogens is 2. The zero-order valence-electron chi connectivity index (χ0n) is 12.7. The second-order valence-electron chi connectivity index (χ2n) is 6.50. The Labute approximate surface area is 133 Å². The van der Waals surface area contributed by atoms with Gasteiger partial charge in [-0.15, -0.1) is 0 Å². The molecule has 2 aromatic rings. The number of fused-ring (bicyclic) bond motifs is 1. The van der Waals surface area contributed by atoms with Crippen LogP contribution in [0, 0.1) is 5.82 Å². The molecular weight excluding hydrogens is 305 g/mol. The third kappa shape index (κ3) is 2.50. The Morgan fingerprint density at radius 2 is 2.09 bits per heavy atom. The van der Waals surface area contributed by atoms with E-state index in [4.69, 9.17) is 11.6 Å². The zero-order chi connectivity index (χ0) is 16.1. The van der Waals surface area contributed by atoms with Crippen LogP contribution in [0.1, 0.15) is 44.2 Å². The predicted molar refractivity (Wildman–Crippen MR) is 83.7 cm³/mol. The molecule has 1 aromatic carbocycles. The van der Waals surface area contributed by atoms with Gasteiger partial charge < -0.3 is 5.32 Å². The Kier molecular flexibility index (Phi) is 3.48. The van der Waals surface area contributed by atoms with Crippen LogP contribution in [0.5, 0.6) is 0 Å². The van der Waals surface area contributed by atoms with Gasteiger partial charge in [0.25, 0.3) is 0 Å². The quantitative estimate of drug-likeness (QED) is 0.865. The summed E-state index contributed by atoms with van der Waals surface area (Å²) in [6.07, 6.45) is 2.03. The molecule has 0 bridgehead atoms.